The monoisotopic (exact) mass is 233 g/mol. The molecule has 1 amide bonds. The van der Waals surface area contributed by atoms with Crippen LogP contribution < -0.4 is 10.6 Å². The fourth-order valence-electron chi connectivity index (χ4n) is 2.24. The molecule has 1 aromatic rings. The van der Waals surface area contributed by atoms with Gasteiger partial charge in [0.25, 0.3) is 5.91 Å². The molecule has 17 heavy (non-hydrogen) atoms. The molecule has 0 spiro atoms. The van der Waals surface area contributed by atoms with E-state index < -0.39 is 0 Å². The Balaban J connectivity index is 1.89. The molecule has 1 aliphatic carbocycles. The van der Waals surface area contributed by atoms with Crippen molar-refractivity contribution in [2.45, 2.75) is 25.7 Å². The Kier molecular flexibility index (Phi) is 3.96. The van der Waals surface area contributed by atoms with E-state index in [2.05, 4.69) is 15.6 Å². The van der Waals surface area contributed by atoms with Gasteiger partial charge in [0, 0.05) is 13.6 Å². The highest BCUT2D eigenvalue weighted by Gasteiger charge is 2.16. The van der Waals surface area contributed by atoms with Crippen LogP contribution in [0.25, 0.3) is 0 Å². The summed E-state index contributed by atoms with van der Waals surface area (Å²) in [5.41, 5.74) is 0.481. The molecule has 1 heterocycles. The van der Waals surface area contributed by atoms with Crippen LogP contribution in [0.2, 0.25) is 0 Å². The third-order valence-corrected chi connectivity index (χ3v) is 3.26. The largest absolute Gasteiger partial charge is 0.373 e. The van der Waals surface area contributed by atoms with Crippen molar-refractivity contribution in [2.75, 3.05) is 18.9 Å². The van der Waals surface area contributed by atoms with E-state index in [0.717, 1.165) is 12.4 Å². The summed E-state index contributed by atoms with van der Waals surface area (Å²) in [7, 11) is 1.79. The van der Waals surface area contributed by atoms with Crippen LogP contribution in [0.15, 0.2) is 18.2 Å². The standard InChI is InChI=1S/C13H19N3O/c1-14-12-8-4-7-11(16-12)13(17)15-9-10-5-2-3-6-10/h4,7-8,10H,2-3,5-6,9H2,1H3,(H,14,16)(H,15,17). The fourth-order valence-corrected chi connectivity index (χ4v) is 2.24. The second-order valence-electron chi connectivity index (χ2n) is 4.52. The third kappa shape index (κ3) is 3.19. The minimum absolute atomic E-state index is 0.0750. The van der Waals surface area contributed by atoms with E-state index in [9.17, 15) is 4.79 Å². The maximum absolute atomic E-state index is 11.9. The first-order valence-electron chi connectivity index (χ1n) is 6.22. The predicted molar refractivity (Wildman–Crippen MR) is 68.1 cm³/mol. The molecule has 0 aliphatic heterocycles. The molecule has 0 radical (unpaired) electrons. The van der Waals surface area contributed by atoms with E-state index in [1.54, 1.807) is 13.1 Å². The molecule has 1 aromatic heterocycles. The predicted octanol–water partition coefficient (Wildman–Crippen LogP) is 2.04. The maximum Gasteiger partial charge on any atom is 0.269 e. The number of carbonyl (C=O) groups is 1. The molecule has 92 valence electrons. The Morgan fingerprint density at radius 1 is 1.41 bits per heavy atom. The molecule has 4 heteroatoms. The lowest BCUT2D eigenvalue weighted by molar-refractivity contribution is 0.0942. The molecule has 4 nitrogen and oxygen atoms in total. The summed E-state index contributed by atoms with van der Waals surface area (Å²) in [6.45, 7) is 0.782. The van der Waals surface area contributed by atoms with Gasteiger partial charge in [-0.1, -0.05) is 18.9 Å². The molecule has 0 unspecified atom stereocenters. The second kappa shape index (κ2) is 5.66. The summed E-state index contributed by atoms with van der Waals surface area (Å²) < 4.78 is 0. The van der Waals surface area contributed by atoms with Crippen molar-refractivity contribution in [2.24, 2.45) is 5.92 Å². The molecule has 0 atom stereocenters. The maximum atomic E-state index is 11.9. The van der Waals surface area contributed by atoms with E-state index in [4.69, 9.17) is 0 Å². The lowest BCUT2D eigenvalue weighted by Gasteiger charge is -2.10. The third-order valence-electron chi connectivity index (χ3n) is 3.26. The average molecular weight is 233 g/mol. The molecular formula is C13H19N3O. The molecule has 0 bridgehead atoms. The van der Waals surface area contributed by atoms with Gasteiger partial charge in [-0.15, -0.1) is 0 Å². The van der Waals surface area contributed by atoms with Crippen LogP contribution in [-0.4, -0.2) is 24.5 Å². The van der Waals surface area contributed by atoms with Gasteiger partial charge in [0.15, 0.2) is 0 Å². The van der Waals surface area contributed by atoms with Crippen LogP contribution in [0.4, 0.5) is 5.82 Å². The van der Waals surface area contributed by atoms with Crippen molar-refractivity contribution in [1.82, 2.24) is 10.3 Å². The van der Waals surface area contributed by atoms with Crippen LogP contribution in [-0.2, 0) is 0 Å². The van der Waals surface area contributed by atoms with Gasteiger partial charge >= 0.3 is 0 Å². The normalized spacial score (nSPS) is 15.8. The van der Waals surface area contributed by atoms with Crippen LogP contribution in [0.3, 0.4) is 0 Å². The number of amides is 1. The highest BCUT2D eigenvalue weighted by atomic mass is 16.1. The van der Waals surface area contributed by atoms with E-state index in [1.807, 2.05) is 12.1 Å². The number of rotatable bonds is 4. The topological polar surface area (TPSA) is 54.0 Å². The van der Waals surface area contributed by atoms with Gasteiger partial charge < -0.3 is 10.6 Å². The Bertz CT molecular complexity index is 386. The Labute approximate surface area is 102 Å². The van der Waals surface area contributed by atoms with Crippen molar-refractivity contribution in [3.63, 3.8) is 0 Å². The van der Waals surface area contributed by atoms with Crippen molar-refractivity contribution in [3.8, 4) is 0 Å². The summed E-state index contributed by atoms with van der Waals surface area (Å²) >= 11 is 0. The first-order valence-corrected chi connectivity index (χ1v) is 6.22. The van der Waals surface area contributed by atoms with E-state index in [1.165, 1.54) is 25.7 Å². The van der Waals surface area contributed by atoms with Crippen LogP contribution in [0.5, 0.6) is 0 Å². The molecule has 2 rings (SSSR count). The lowest BCUT2D eigenvalue weighted by Crippen LogP contribution is -2.29. The van der Waals surface area contributed by atoms with Crippen molar-refractivity contribution in [1.29, 1.82) is 0 Å². The molecule has 0 saturated heterocycles. The number of aromatic nitrogens is 1. The molecule has 0 aromatic carbocycles. The second-order valence-corrected chi connectivity index (χ2v) is 4.52. The molecule has 2 N–H and O–H groups in total. The van der Waals surface area contributed by atoms with E-state index >= 15 is 0 Å². The van der Waals surface area contributed by atoms with Gasteiger partial charge in [-0.25, -0.2) is 4.98 Å². The number of carbonyl (C=O) groups excluding carboxylic acids is 1. The molecule has 1 saturated carbocycles. The molecular weight excluding hydrogens is 214 g/mol. The highest BCUT2D eigenvalue weighted by molar-refractivity contribution is 5.92. The summed E-state index contributed by atoms with van der Waals surface area (Å²) in [6.07, 6.45) is 5.08. The molecule has 1 aliphatic rings. The Hall–Kier alpha value is -1.58. The zero-order valence-electron chi connectivity index (χ0n) is 10.2. The zero-order chi connectivity index (χ0) is 12.1. The number of nitrogens with zero attached hydrogens (tertiary/aromatic N) is 1. The summed E-state index contributed by atoms with van der Waals surface area (Å²) in [6, 6.07) is 5.42. The smallest absolute Gasteiger partial charge is 0.269 e. The van der Waals surface area contributed by atoms with Gasteiger partial charge in [0.2, 0.25) is 0 Å². The first kappa shape index (κ1) is 11.9. The van der Waals surface area contributed by atoms with Gasteiger partial charge in [0.1, 0.15) is 11.5 Å². The summed E-state index contributed by atoms with van der Waals surface area (Å²) in [5, 5.41) is 5.89. The minimum atomic E-state index is -0.0750. The zero-order valence-corrected chi connectivity index (χ0v) is 10.2. The summed E-state index contributed by atoms with van der Waals surface area (Å²) in [4.78, 5) is 16.1. The van der Waals surface area contributed by atoms with Gasteiger partial charge in [-0.2, -0.15) is 0 Å². The quantitative estimate of drug-likeness (QED) is 0.836. The van der Waals surface area contributed by atoms with Crippen molar-refractivity contribution >= 4 is 11.7 Å². The Morgan fingerprint density at radius 3 is 2.88 bits per heavy atom. The number of pyridine rings is 1. The average Bonchev–Trinajstić information content (AvgIpc) is 2.89. The number of hydrogen-bond donors (Lipinski definition) is 2. The van der Waals surface area contributed by atoms with Crippen molar-refractivity contribution < 1.29 is 4.79 Å². The van der Waals surface area contributed by atoms with Gasteiger partial charge in [-0.05, 0) is 30.9 Å². The van der Waals surface area contributed by atoms with E-state index in [-0.39, 0.29) is 5.91 Å². The first-order chi connectivity index (χ1) is 8.29. The number of hydrogen-bond acceptors (Lipinski definition) is 3. The molecule has 1 fully saturated rings. The van der Waals surface area contributed by atoms with Crippen LogP contribution in [0.1, 0.15) is 36.2 Å². The van der Waals surface area contributed by atoms with Crippen LogP contribution >= 0.6 is 0 Å². The summed E-state index contributed by atoms with van der Waals surface area (Å²) in [5.74, 6) is 1.30. The Morgan fingerprint density at radius 2 is 2.18 bits per heavy atom. The van der Waals surface area contributed by atoms with Crippen LogP contribution in [0, 0.1) is 5.92 Å². The highest BCUT2D eigenvalue weighted by Crippen LogP contribution is 2.23. The van der Waals surface area contributed by atoms with E-state index in [0.29, 0.717) is 11.6 Å². The lowest BCUT2D eigenvalue weighted by atomic mass is 10.1. The minimum Gasteiger partial charge on any atom is -0.373 e. The fraction of sp³-hybridized carbons (Fsp3) is 0.538. The number of anilines is 1. The van der Waals surface area contributed by atoms with Crippen molar-refractivity contribution in [3.05, 3.63) is 23.9 Å². The van der Waals surface area contributed by atoms with Gasteiger partial charge in [-0.3, -0.25) is 4.79 Å². The number of nitrogens with one attached hydrogen (secondary N) is 2. The SMILES string of the molecule is CNc1cccc(C(=O)NCC2CCCC2)n1. The van der Waals surface area contributed by atoms with Gasteiger partial charge in [0.05, 0.1) is 0 Å².